The van der Waals surface area contributed by atoms with E-state index < -0.39 is 0 Å². The molecule has 0 atom stereocenters. The van der Waals surface area contributed by atoms with Crippen molar-refractivity contribution in [1.82, 2.24) is 4.98 Å². The molecule has 2 rings (SSSR count). The minimum absolute atomic E-state index is 0.199. The standard InChI is InChI=1S/C11H9Cl2NO2/c1-15-6-16-8-3-2-7-4-10(12)14-11(13)9(7)5-8/h2-5H,6H2,1H3. The molecule has 3 nitrogen and oxygen atoms in total. The lowest BCUT2D eigenvalue weighted by atomic mass is 10.2. The molecule has 0 radical (unpaired) electrons. The Morgan fingerprint density at radius 1 is 1.25 bits per heavy atom. The summed E-state index contributed by atoms with van der Waals surface area (Å²) in [6.45, 7) is 0.199. The van der Waals surface area contributed by atoms with E-state index in [9.17, 15) is 0 Å². The molecule has 0 aliphatic heterocycles. The number of pyridine rings is 1. The minimum Gasteiger partial charge on any atom is -0.468 e. The molecule has 0 aliphatic carbocycles. The molecule has 0 bridgehead atoms. The van der Waals surface area contributed by atoms with Gasteiger partial charge < -0.3 is 9.47 Å². The number of benzene rings is 1. The first-order chi connectivity index (χ1) is 7.70. The lowest BCUT2D eigenvalue weighted by molar-refractivity contribution is 0.0512. The third kappa shape index (κ3) is 2.38. The van der Waals surface area contributed by atoms with Gasteiger partial charge >= 0.3 is 0 Å². The molecule has 0 aliphatic rings. The highest BCUT2D eigenvalue weighted by atomic mass is 35.5. The lowest BCUT2D eigenvalue weighted by Crippen LogP contribution is -1.98. The van der Waals surface area contributed by atoms with Crippen LogP contribution in [0.15, 0.2) is 24.3 Å². The highest BCUT2D eigenvalue weighted by Gasteiger charge is 2.04. The van der Waals surface area contributed by atoms with Crippen molar-refractivity contribution in [1.29, 1.82) is 0 Å². The fourth-order valence-electron chi connectivity index (χ4n) is 1.37. The maximum Gasteiger partial charge on any atom is 0.188 e. The fourth-order valence-corrected chi connectivity index (χ4v) is 1.87. The van der Waals surface area contributed by atoms with Crippen molar-refractivity contribution in [2.24, 2.45) is 0 Å². The first kappa shape index (κ1) is 11.5. The van der Waals surface area contributed by atoms with E-state index in [0.717, 1.165) is 10.8 Å². The van der Waals surface area contributed by atoms with Gasteiger partial charge in [0, 0.05) is 12.5 Å². The predicted octanol–water partition coefficient (Wildman–Crippen LogP) is 3.52. The number of halogens is 2. The number of rotatable bonds is 3. The summed E-state index contributed by atoms with van der Waals surface area (Å²) in [4.78, 5) is 3.97. The Morgan fingerprint density at radius 2 is 2.06 bits per heavy atom. The van der Waals surface area contributed by atoms with Crippen LogP contribution in [0.25, 0.3) is 10.8 Å². The van der Waals surface area contributed by atoms with Crippen molar-refractivity contribution in [2.45, 2.75) is 0 Å². The van der Waals surface area contributed by atoms with Crippen molar-refractivity contribution in [3.05, 3.63) is 34.6 Å². The van der Waals surface area contributed by atoms with Gasteiger partial charge in [0.15, 0.2) is 6.79 Å². The Kier molecular flexibility index (Phi) is 3.49. The van der Waals surface area contributed by atoms with Crippen LogP contribution in [-0.2, 0) is 4.74 Å². The molecular weight excluding hydrogens is 249 g/mol. The maximum absolute atomic E-state index is 5.99. The molecule has 0 N–H and O–H groups in total. The van der Waals surface area contributed by atoms with Gasteiger partial charge in [-0.15, -0.1) is 0 Å². The zero-order valence-electron chi connectivity index (χ0n) is 8.54. The summed E-state index contributed by atoms with van der Waals surface area (Å²) in [6, 6.07) is 7.26. The van der Waals surface area contributed by atoms with Gasteiger partial charge in [0.25, 0.3) is 0 Å². The van der Waals surface area contributed by atoms with Gasteiger partial charge in [0.1, 0.15) is 16.1 Å². The van der Waals surface area contributed by atoms with Gasteiger partial charge in [0.05, 0.1) is 0 Å². The Labute approximate surface area is 103 Å². The summed E-state index contributed by atoms with van der Waals surface area (Å²) >= 11 is 11.8. The quantitative estimate of drug-likeness (QED) is 0.623. The van der Waals surface area contributed by atoms with Crippen LogP contribution in [0.4, 0.5) is 0 Å². The van der Waals surface area contributed by atoms with Crippen LogP contribution >= 0.6 is 23.2 Å². The Morgan fingerprint density at radius 3 is 2.81 bits per heavy atom. The van der Waals surface area contributed by atoms with Crippen molar-refractivity contribution < 1.29 is 9.47 Å². The molecule has 0 spiro atoms. The Bertz CT molecular complexity index is 517. The topological polar surface area (TPSA) is 31.4 Å². The zero-order chi connectivity index (χ0) is 11.5. The third-order valence-corrected chi connectivity index (χ3v) is 2.55. The van der Waals surface area contributed by atoms with Crippen molar-refractivity contribution >= 4 is 34.0 Å². The van der Waals surface area contributed by atoms with Crippen molar-refractivity contribution in [3.63, 3.8) is 0 Å². The van der Waals surface area contributed by atoms with E-state index in [2.05, 4.69) is 4.98 Å². The van der Waals surface area contributed by atoms with Crippen LogP contribution in [-0.4, -0.2) is 18.9 Å². The van der Waals surface area contributed by atoms with Gasteiger partial charge in [-0.3, -0.25) is 0 Å². The maximum atomic E-state index is 5.99. The van der Waals surface area contributed by atoms with Crippen LogP contribution in [0.1, 0.15) is 0 Å². The monoisotopic (exact) mass is 257 g/mol. The molecule has 1 heterocycles. The molecular formula is C11H9Cl2NO2. The highest BCUT2D eigenvalue weighted by molar-refractivity contribution is 6.36. The van der Waals surface area contributed by atoms with Gasteiger partial charge in [0.2, 0.25) is 0 Å². The third-order valence-electron chi connectivity index (χ3n) is 2.07. The van der Waals surface area contributed by atoms with Crippen LogP contribution in [0, 0.1) is 0 Å². The molecule has 1 aromatic heterocycles. The molecule has 5 heteroatoms. The molecule has 0 unspecified atom stereocenters. The summed E-state index contributed by atoms with van der Waals surface area (Å²) in [6.07, 6.45) is 0. The van der Waals surface area contributed by atoms with E-state index in [-0.39, 0.29) is 6.79 Å². The largest absolute Gasteiger partial charge is 0.468 e. The second kappa shape index (κ2) is 4.87. The SMILES string of the molecule is COCOc1ccc2cc(Cl)nc(Cl)c2c1. The first-order valence-corrected chi connectivity index (χ1v) is 5.34. The average molecular weight is 258 g/mol. The molecule has 1 aromatic carbocycles. The Hall–Kier alpha value is -1.03. The minimum atomic E-state index is 0.199. The second-order valence-corrected chi connectivity index (χ2v) is 3.91. The molecule has 84 valence electrons. The van der Waals surface area contributed by atoms with Gasteiger partial charge in [-0.2, -0.15) is 0 Å². The number of ether oxygens (including phenoxy) is 2. The van der Waals surface area contributed by atoms with Gasteiger partial charge in [-0.05, 0) is 23.6 Å². The summed E-state index contributed by atoms with van der Waals surface area (Å²) in [5, 5.41) is 2.47. The molecule has 0 amide bonds. The summed E-state index contributed by atoms with van der Waals surface area (Å²) in [5.41, 5.74) is 0. The zero-order valence-corrected chi connectivity index (χ0v) is 10.0. The normalized spacial score (nSPS) is 10.7. The second-order valence-electron chi connectivity index (χ2n) is 3.17. The number of methoxy groups -OCH3 is 1. The fraction of sp³-hybridized carbons (Fsp3) is 0.182. The van der Waals surface area contributed by atoms with Gasteiger partial charge in [-0.1, -0.05) is 29.3 Å². The van der Waals surface area contributed by atoms with E-state index in [1.165, 1.54) is 0 Å². The predicted molar refractivity (Wildman–Crippen MR) is 64.3 cm³/mol. The average Bonchev–Trinajstić information content (AvgIpc) is 2.26. The number of aromatic nitrogens is 1. The summed E-state index contributed by atoms with van der Waals surface area (Å²) in [7, 11) is 1.56. The number of nitrogens with zero attached hydrogens (tertiary/aromatic N) is 1. The van der Waals surface area contributed by atoms with Crippen molar-refractivity contribution in [2.75, 3.05) is 13.9 Å². The summed E-state index contributed by atoms with van der Waals surface area (Å²) in [5.74, 6) is 0.681. The van der Waals surface area contributed by atoms with Crippen LogP contribution in [0.5, 0.6) is 5.75 Å². The molecule has 0 fully saturated rings. The number of hydrogen-bond donors (Lipinski definition) is 0. The smallest absolute Gasteiger partial charge is 0.188 e. The van der Waals surface area contributed by atoms with Gasteiger partial charge in [-0.25, -0.2) is 4.98 Å². The Balaban J connectivity index is 2.45. The molecule has 0 saturated heterocycles. The summed E-state index contributed by atoms with van der Waals surface area (Å²) < 4.78 is 10.1. The van der Waals surface area contributed by atoms with E-state index in [1.807, 2.05) is 12.1 Å². The number of hydrogen-bond acceptors (Lipinski definition) is 3. The van der Waals surface area contributed by atoms with Crippen LogP contribution < -0.4 is 4.74 Å². The van der Waals surface area contributed by atoms with E-state index in [4.69, 9.17) is 32.7 Å². The van der Waals surface area contributed by atoms with E-state index in [0.29, 0.717) is 16.1 Å². The van der Waals surface area contributed by atoms with Crippen LogP contribution in [0.2, 0.25) is 10.3 Å². The highest BCUT2D eigenvalue weighted by Crippen LogP contribution is 2.28. The van der Waals surface area contributed by atoms with Crippen molar-refractivity contribution in [3.8, 4) is 5.75 Å². The lowest BCUT2D eigenvalue weighted by Gasteiger charge is -2.06. The molecule has 0 saturated carbocycles. The van der Waals surface area contributed by atoms with E-state index in [1.54, 1.807) is 19.2 Å². The van der Waals surface area contributed by atoms with E-state index >= 15 is 0 Å². The molecule has 16 heavy (non-hydrogen) atoms. The first-order valence-electron chi connectivity index (χ1n) is 4.58. The molecule has 2 aromatic rings. The van der Waals surface area contributed by atoms with Crippen LogP contribution in [0.3, 0.4) is 0 Å². The number of fused-ring (bicyclic) bond motifs is 1.